The minimum Gasteiger partial charge on any atom is -0.329 e. The third-order valence-corrected chi connectivity index (χ3v) is 5.31. The molecule has 0 bridgehead atoms. The van der Waals surface area contributed by atoms with Gasteiger partial charge in [-0.25, -0.2) is 0 Å². The zero-order chi connectivity index (χ0) is 13.4. The highest BCUT2D eigenvalue weighted by atomic mass is 15.3. The van der Waals surface area contributed by atoms with Crippen molar-refractivity contribution in [3.8, 4) is 0 Å². The number of nitrogens with zero attached hydrogens (tertiary/aromatic N) is 3. The first-order valence-corrected chi connectivity index (χ1v) is 7.66. The van der Waals surface area contributed by atoms with Crippen molar-refractivity contribution in [1.29, 1.82) is 0 Å². The zero-order valence-corrected chi connectivity index (χ0v) is 12.2. The topological polar surface area (TPSA) is 47.1 Å². The summed E-state index contributed by atoms with van der Waals surface area (Å²) in [7, 11) is 2.01. The van der Waals surface area contributed by atoms with Crippen LogP contribution < -0.4 is 5.73 Å². The summed E-state index contributed by atoms with van der Waals surface area (Å²) in [6.45, 7) is 4.07. The number of fused-ring (bicyclic) bond motifs is 1. The molecule has 3 rings (SSSR count). The third kappa shape index (κ3) is 2.21. The third-order valence-electron chi connectivity index (χ3n) is 5.31. The number of nitrogens with two attached hydrogens (primary N) is 1. The molecule has 1 aliphatic carbocycles. The van der Waals surface area contributed by atoms with Crippen LogP contribution in [0.5, 0.6) is 0 Å². The van der Waals surface area contributed by atoms with Crippen LogP contribution in [0, 0.1) is 12.8 Å². The van der Waals surface area contributed by atoms with E-state index in [4.69, 9.17) is 5.73 Å². The van der Waals surface area contributed by atoms with Gasteiger partial charge in [0.05, 0.1) is 12.2 Å². The first-order chi connectivity index (χ1) is 9.22. The van der Waals surface area contributed by atoms with Gasteiger partial charge in [0.25, 0.3) is 0 Å². The average Bonchev–Trinajstić information content (AvgIpc) is 2.99. The van der Waals surface area contributed by atoms with Gasteiger partial charge in [-0.2, -0.15) is 5.10 Å². The molecule has 2 aliphatic rings. The van der Waals surface area contributed by atoms with Gasteiger partial charge in [0.15, 0.2) is 0 Å². The molecule has 3 atom stereocenters. The second-order valence-electron chi connectivity index (χ2n) is 6.20. The van der Waals surface area contributed by atoms with Gasteiger partial charge in [-0.05, 0) is 38.6 Å². The Bertz CT molecular complexity index is 439. The summed E-state index contributed by atoms with van der Waals surface area (Å²) in [6.07, 6.45) is 8.98. The van der Waals surface area contributed by atoms with Crippen LogP contribution in [0.25, 0.3) is 0 Å². The van der Waals surface area contributed by atoms with Crippen molar-refractivity contribution < 1.29 is 0 Å². The van der Waals surface area contributed by atoms with Crippen LogP contribution in [0.1, 0.15) is 49.4 Å². The fourth-order valence-electron chi connectivity index (χ4n) is 4.11. The maximum atomic E-state index is 6.11. The molecule has 106 valence electrons. The summed E-state index contributed by atoms with van der Waals surface area (Å²) in [6, 6.07) is 1.13. The van der Waals surface area contributed by atoms with Crippen molar-refractivity contribution in [2.45, 2.75) is 51.1 Å². The van der Waals surface area contributed by atoms with Crippen LogP contribution in [-0.2, 0) is 7.05 Å². The Hall–Kier alpha value is -0.870. The van der Waals surface area contributed by atoms with Crippen LogP contribution in [0.15, 0.2) is 6.20 Å². The first-order valence-electron chi connectivity index (χ1n) is 7.66. The van der Waals surface area contributed by atoms with Gasteiger partial charge in [0, 0.05) is 30.9 Å². The highest BCUT2D eigenvalue weighted by Gasteiger charge is 2.39. The highest BCUT2D eigenvalue weighted by Crippen LogP contribution is 2.40. The van der Waals surface area contributed by atoms with E-state index in [2.05, 4.69) is 16.9 Å². The fraction of sp³-hybridized carbons (Fsp3) is 0.800. The Morgan fingerprint density at radius 1 is 1.37 bits per heavy atom. The van der Waals surface area contributed by atoms with Crippen LogP contribution >= 0.6 is 0 Å². The standard InChI is InChI=1S/C15H26N4/c1-11-13(10-17-18(11)2)15(9-16)19-8-7-12-5-3-4-6-14(12)19/h10,12,14-15H,3-9,16H2,1-2H3. The van der Waals surface area contributed by atoms with Gasteiger partial charge >= 0.3 is 0 Å². The van der Waals surface area contributed by atoms with E-state index in [1.54, 1.807) is 0 Å². The molecular weight excluding hydrogens is 236 g/mol. The highest BCUT2D eigenvalue weighted by molar-refractivity contribution is 5.22. The number of hydrogen-bond acceptors (Lipinski definition) is 3. The molecule has 2 heterocycles. The second-order valence-corrected chi connectivity index (χ2v) is 6.20. The van der Waals surface area contributed by atoms with Crippen LogP contribution in [0.4, 0.5) is 0 Å². The Morgan fingerprint density at radius 3 is 2.84 bits per heavy atom. The molecule has 1 aromatic rings. The van der Waals surface area contributed by atoms with Crippen LogP contribution in [0.3, 0.4) is 0 Å². The molecule has 1 aromatic heterocycles. The number of aromatic nitrogens is 2. The Labute approximate surface area is 116 Å². The van der Waals surface area contributed by atoms with E-state index in [-0.39, 0.29) is 0 Å². The molecule has 0 aromatic carbocycles. The van der Waals surface area contributed by atoms with Crippen molar-refractivity contribution in [3.63, 3.8) is 0 Å². The monoisotopic (exact) mass is 262 g/mol. The number of hydrogen-bond donors (Lipinski definition) is 1. The SMILES string of the molecule is Cc1c(C(CN)N2CCC3CCCCC32)cnn1C. The molecular formula is C15H26N4. The summed E-state index contributed by atoms with van der Waals surface area (Å²) in [5.41, 5.74) is 8.69. The lowest BCUT2D eigenvalue weighted by Gasteiger charge is -2.36. The van der Waals surface area contributed by atoms with Gasteiger partial charge in [-0.15, -0.1) is 0 Å². The van der Waals surface area contributed by atoms with Crippen LogP contribution in [0.2, 0.25) is 0 Å². The Balaban J connectivity index is 1.84. The maximum Gasteiger partial charge on any atom is 0.0540 e. The molecule has 1 aliphatic heterocycles. The molecule has 1 saturated heterocycles. The Morgan fingerprint density at radius 2 is 2.16 bits per heavy atom. The predicted octanol–water partition coefficient (Wildman–Crippen LogP) is 1.99. The summed E-state index contributed by atoms with van der Waals surface area (Å²) in [5.74, 6) is 0.916. The maximum absolute atomic E-state index is 6.11. The lowest BCUT2D eigenvalue weighted by molar-refractivity contribution is 0.135. The summed E-state index contributed by atoms with van der Waals surface area (Å²) in [4.78, 5) is 2.67. The molecule has 0 radical (unpaired) electrons. The molecule has 1 saturated carbocycles. The molecule has 19 heavy (non-hydrogen) atoms. The lowest BCUT2D eigenvalue weighted by Crippen LogP contribution is -2.40. The molecule has 2 fully saturated rings. The molecule has 0 amide bonds. The van der Waals surface area contributed by atoms with E-state index >= 15 is 0 Å². The van der Waals surface area contributed by atoms with Gasteiger partial charge < -0.3 is 5.73 Å². The second kappa shape index (κ2) is 5.25. The van der Waals surface area contributed by atoms with Gasteiger partial charge in [0.2, 0.25) is 0 Å². The Kier molecular flexibility index (Phi) is 3.63. The molecule has 0 spiro atoms. The first kappa shape index (κ1) is 13.1. The number of likely N-dealkylation sites (tertiary alicyclic amines) is 1. The van der Waals surface area contributed by atoms with E-state index in [0.29, 0.717) is 12.6 Å². The van der Waals surface area contributed by atoms with Crippen molar-refractivity contribution in [2.24, 2.45) is 18.7 Å². The molecule has 2 N–H and O–H groups in total. The van der Waals surface area contributed by atoms with Crippen molar-refractivity contribution in [3.05, 3.63) is 17.5 Å². The lowest BCUT2D eigenvalue weighted by atomic mass is 9.84. The summed E-state index contributed by atoms with van der Waals surface area (Å²) in [5, 5.41) is 4.39. The zero-order valence-electron chi connectivity index (χ0n) is 12.2. The van der Waals surface area contributed by atoms with E-state index in [0.717, 1.165) is 12.0 Å². The van der Waals surface area contributed by atoms with E-state index in [9.17, 15) is 0 Å². The summed E-state index contributed by atoms with van der Waals surface area (Å²) >= 11 is 0. The minimum absolute atomic E-state index is 0.363. The number of rotatable bonds is 3. The average molecular weight is 262 g/mol. The largest absolute Gasteiger partial charge is 0.329 e. The van der Waals surface area contributed by atoms with Gasteiger partial charge in [-0.1, -0.05) is 12.8 Å². The number of aryl methyl sites for hydroxylation is 1. The van der Waals surface area contributed by atoms with Crippen molar-refractivity contribution >= 4 is 0 Å². The van der Waals surface area contributed by atoms with Crippen molar-refractivity contribution in [2.75, 3.05) is 13.1 Å². The molecule has 4 heteroatoms. The van der Waals surface area contributed by atoms with E-state index < -0.39 is 0 Å². The van der Waals surface area contributed by atoms with E-state index in [1.165, 1.54) is 49.9 Å². The van der Waals surface area contributed by atoms with E-state index in [1.807, 2.05) is 17.9 Å². The normalized spacial score (nSPS) is 29.4. The fourth-order valence-corrected chi connectivity index (χ4v) is 4.11. The molecule has 3 unspecified atom stereocenters. The predicted molar refractivity (Wildman–Crippen MR) is 76.8 cm³/mol. The van der Waals surface area contributed by atoms with Crippen molar-refractivity contribution in [1.82, 2.24) is 14.7 Å². The van der Waals surface area contributed by atoms with Gasteiger partial charge in [0.1, 0.15) is 0 Å². The smallest absolute Gasteiger partial charge is 0.0540 e. The van der Waals surface area contributed by atoms with Gasteiger partial charge in [-0.3, -0.25) is 9.58 Å². The minimum atomic E-state index is 0.363. The summed E-state index contributed by atoms with van der Waals surface area (Å²) < 4.78 is 1.96. The quantitative estimate of drug-likeness (QED) is 0.906. The van der Waals surface area contributed by atoms with Crippen LogP contribution in [-0.4, -0.2) is 33.8 Å². The molecule has 4 nitrogen and oxygen atoms in total.